The van der Waals surface area contributed by atoms with Crippen molar-refractivity contribution in [2.24, 2.45) is 22.1 Å². The normalized spacial score (nSPS) is 14.0. The fourth-order valence-electron chi connectivity index (χ4n) is 9.83. The zero-order valence-corrected chi connectivity index (χ0v) is 52.2. The van der Waals surface area contributed by atoms with Gasteiger partial charge < -0.3 is 30.1 Å². The van der Waals surface area contributed by atoms with Crippen molar-refractivity contribution in [3.05, 3.63) is 222 Å². The van der Waals surface area contributed by atoms with E-state index >= 15 is 0 Å². The van der Waals surface area contributed by atoms with E-state index in [1.54, 1.807) is 24.5 Å². The van der Waals surface area contributed by atoms with Crippen molar-refractivity contribution in [3.63, 3.8) is 0 Å². The quantitative estimate of drug-likeness (QED) is 0.0224. The van der Waals surface area contributed by atoms with Crippen LogP contribution in [0.1, 0.15) is 85.3 Å². The van der Waals surface area contributed by atoms with Crippen LogP contribution in [0, 0.1) is 49.0 Å². The van der Waals surface area contributed by atoms with E-state index in [-0.39, 0.29) is 54.6 Å². The summed E-state index contributed by atoms with van der Waals surface area (Å²) >= 11 is 11.1. The van der Waals surface area contributed by atoms with Gasteiger partial charge in [0.15, 0.2) is 22.8 Å². The first-order valence-corrected chi connectivity index (χ1v) is 39.4. The number of hydrogen-bond acceptors (Lipinski definition) is 12. The third-order valence-electron chi connectivity index (χ3n) is 14.1. The van der Waals surface area contributed by atoms with Crippen molar-refractivity contribution in [2.75, 3.05) is 38.6 Å². The third-order valence-corrected chi connectivity index (χ3v) is 14.3. The first-order chi connectivity index (χ1) is 39.8. The summed E-state index contributed by atoms with van der Waals surface area (Å²) in [5, 5.41) is 28.3. The van der Waals surface area contributed by atoms with Crippen LogP contribution in [0.2, 0.25) is 0 Å². The number of hydrogen-bond donors (Lipinski definition) is 3. The van der Waals surface area contributed by atoms with Gasteiger partial charge in [0.25, 0.3) is 11.1 Å². The van der Waals surface area contributed by atoms with Gasteiger partial charge in [-0.2, -0.15) is 0 Å². The Morgan fingerprint density at radius 3 is 1.46 bits per heavy atom. The average molecular weight is 1510 g/mol. The Morgan fingerprint density at radius 1 is 0.643 bits per heavy atom. The van der Waals surface area contributed by atoms with E-state index in [2.05, 4.69) is 62.7 Å². The van der Waals surface area contributed by atoms with Crippen molar-refractivity contribution in [3.8, 4) is 11.5 Å². The molecular weight excluding hydrogens is 1440 g/mol. The van der Waals surface area contributed by atoms with Gasteiger partial charge in [-0.15, -0.1) is 11.6 Å². The number of piperidine rings is 2. The number of benzene rings is 4. The van der Waals surface area contributed by atoms with Crippen LogP contribution in [0.25, 0.3) is 11.3 Å². The van der Waals surface area contributed by atoms with E-state index in [0.29, 0.717) is 129 Å². The third kappa shape index (κ3) is 18.6. The molecule has 2 saturated heterocycles. The van der Waals surface area contributed by atoms with Crippen LogP contribution >= 0.6 is 48.8 Å². The van der Waals surface area contributed by atoms with Crippen LogP contribution in [0.5, 0.6) is 11.5 Å². The number of alkyl halides is 1. The van der Waals surface area contributed by atoms with E-state index in [9.17, 15) is 32.4 Å². The molecule has 3 N–H and O–H groups in total. The molecule has 22 heteroatoms. The summed E-state index contributed by atoms with van der Waals surface area (Å²) in [6.07, 6.45) is 7.35. The summed E-state index contributed by atoms with van der Waals surface area (Å²) in [4.78, 5) is 37.5. The Bertz CT molecular complexity index is 3570. The minimum absolute atomic E-state index is 0. The largest absolute Gasteiger partial charge is 0.411 e. The monoisotopic (exact) mass is 1510 g/mol. The first kappa shape index (κ1) is 69.0. The number of likely N-dealkylation sites (tertiary alicyclic amines) is 1. The number of ether oxygens (including phenoxy) is 2. The van der Waals surface area contributed by atoms with Crippen LogP contribution in [-0.2, 0) is 26.1 Å². The van der Waals surface area contributed by atoms with E-state index in [0.717, 1.165) is 55.3 Å². The Labute approximate surface area is 522 Å². The molecule has 0 bridgehead atoms. The molecule has 4 aromatic heterocycles. The van der Waals surface area contributed by atoms with Gasteiger partial charge in [0.2, 0.25) is 0 Å². The Balaban J connectivity index is 0.000000243. The number of oxime groups is 2. The minimum atomic E-state index is -0.737. The molecule has 2 aliphatic rings. The second-order valence-electron chi connectivity index (χ2n) is 19.2. The number of rotatable bonds is 15. The van der Waals surface area contributed by atoms with Gasteiger partial charge in [0.05, 0.1) is 11.4 Å². The standard InChI is InChI=1S/C30H30F2N4O3.C18H17ClN2O2.C12H14F2N2O.2CH4.I3/c1-20-24(30(37)36-14-5-8-27(29(36)33-20)39-19-21-6-3-2-4-7-21)13-17-35-15-11-22(12-16-35)28(34-38)25-10-9-23(31)18-26(25)32;1-13-15(9-10-19)18(22)21-11-5-8-16(17(21)20-13)23-12-14-6-3-2-4-7-14;13-9-1-2-10(11(14)7-9)12(16-17)8-3-5-15-6-4-8;;;1-3-2/h2-10,14,18,22,38H,11-13,15-17,19H2,1H3;2-8,11H,9-10,12H2,1H3;1-2,7-8,15,17H,3-6H2;2*1H4;/q;;;;;-1/b34-28-;;16-12-;;;. The smallest absolute Gasteiger partial charge is 0.135 e. The van der Waals surface area contributed by atoms with Gasteiger partial charge in [-0.1, -0.05) is 85.8 Å². The second-order valence-corrected chi connectivity index (χ2v) is 35.9. The Kier molecular flexibility index (Phi) is 28.8. The summed E-state index contributed by atoms with van der Waals surface area (Å²) < 4.78 is 68.9. The van der Waals surface area contributed by atoms with Crippen LogP contribution in [0.3, 0.4) is 0 Å². The van der Waals surface area contributed by atoms with E-state index in [1.165, 1.54) is 27.0 Å². The van der Waals surface area contributed by atoms with E-state index < -0.39 is 23.3 Å². The molecule has 0 aliphatic carbocycles. The van der Waals surface area contributed by atoms with Gasteiger partial charge in [-0.3, -0.25) is 18.4 Å². The van der Waals surface area contributed by atoms with Crippen molar-refractivity contribution in [1.29, 1.82) is 0 Å². The van der Waals surface area contributed by atoms with Crippen molar-refractivity contribution < 1.29 is 50.7 Å². The van der Waals surface area contributed by atoms with Gasteiger partial charge >= 0.3 is 50.5 Å². The Morgan fingerprint density at radius 2 is 1.06 bits per heavy atom. The van der Waals surface area contributed by atoms with Crippen LogP contribution in [0.15, 0.2) is 154 Å². The van der Waals surface area contributed by atoms with Crippen molar-refractivity contribution >= 4 is 71.6 Å². The minimum Gasteiger partial charge on any atom is -0.411 e. The molecule has 2 aliphatic heterocycles. The SMILES string of the molecule is C.C.Cc1nc2c(OCc3ccccc3)cccn2c(=O)c1CCCl.Cc1nc2c(OCc3ccccc3)cccn2c(=O)c1CCN1CCC(/C(=N/O)c2ccc(F)cc2F)CC1.I[I-]I.O/N=C(\c1ccc(F)cc1F)C1CCNCC1. The fraction of sp³-hybridized carbons (Fsp3) is 0.323. The van der Waals surface area contributed by atoms with E-state index in [1.807, 2.05) is 86.6 Å². The molecule has 8 aromatic rings. The molecule has 10 rings (SSSR count). The summed E-state index contributed by atoms with van der Waals surface area (Å²) in [5.74, 6) is -1.31. The predicted octanol–water partition coefficient (Wildman–Crippen LogP) is 10.5. The Hall–Kier alpha value is -5.74. The van der Waals surface area contributed by atoms with Crippen LogP contribution in [0.4, 0.5) is 17.6 Å². The molecular formula is C62H69ClF4I3N8O6-. The molecule has 0 atom stereocenters. The van der Waals surface area contributed by atoms with Gasteiger partial charge in [-0.05, 0) is 138 Å². The van der Waals surface area contributed by atoms with Crippen LogP contribution < -0.4 is 39.2 Å². The van der Waals surface area contributed by atoms with Crippen molar-refractivity contribution in [1.82, 2.24) is 29.0 Å². The molecule has 0 radical (unpaired) electrons. The topological polar surface area (TPSA) is 168 Å². The number of nitrogens with one attached hydrogen (secondary N) is 1. The van der Waals surface area contributed by atoms with E-state index in [4.69, 9.17) is 31.3 Å². The maximum Gasteiger partial charge on any atom is 0.135 e. The maximum atomic E-state index is 14.3. The fourth-order valence-corrected chi connectivity index (χ4v) is 10.0. The summed E-state index contributed by atoms with van der Waals surface area (Å²) in [7, 11) is 0. The number of aryl methyl sites for hydroxylation is 2. The summed E-state index contributed by atoms with van der Waals surface area (Å²) in [5.41, 5.74) is 6.44. The molecule has 450 valence electrons. The zero-order chi connectivity index (χ0) is 58.5. The zero-order valence-electron chi connectivity index (χ0n) is 44.9. The molecule has 84 heavy (non-hydrogen) atoms. The predicted molar refractivity (Wildman–Crippen MR) is 338 cm³/mol. The summed E-state index contributed by atoms with van der Waals surface area (Å²) in [6.45, 7) is 8.17. The molecule has 4 aromatic carbocycles. The molecule has 0 saturated carbocycles. The first-order valence-electron chi connectivity index (χ1n) is 26.3. The number of nitrogens with zero attached hydrogens (tertiary/aromatic N) is 7. The molecule has 6 heterocycles. The number of fused-ring (bicyclic) bond motifs is 2. The molecule has 0 unspecified atom stereocenters. The molecule has 0 spiro atoms. The van der Waals surface area contributed by atoms with Gasteiger partial charge in [0.1, 0.15) is 36.5 Å². The number of aromatic nitrogens is 4. The number of pyridine rings is 2. The maximum absolute atomic E-state index is 14.3. The summed E-state index contributed by atoms with van der Waals surface area (Å²) in [6, 6.07) is 33.5. The van der Waals surface area contributed by atoms with Gasteiger partial charge in [0, 0.05) is 82.4 Å². The molecule has 0 amide bonds. The average Bonchev–Trinajstić information content (AvgIpc) is 2.57. The van der Waals surface area contributed by atoms with Crippen molar-refractivity contribution in [2.45, 2.75) is 80.4 Å². The van der Waals surface area contributed by atoms with Gasteiger partial charge in [-0.25, -0.2) is 27.5 Å². The molecule has 2 fully saturated rings. The second kappa shape index (κ2) is 35.0. The molecule has 14 nitrogen and oxygen atoms in total. The number of halogens is 8. The van der Waals surface area contributed by atoms with Crippen LogP contribution in [-0.4, -0.2) is 84.1 Å².